The Bertz CT molecular complexity index is 2920. The summed E-state index contributed by atoms with van der Waals surface area (Å²) in [5, 5.41) is 19.6. The van der Waals surface area contributed by atoms with Crippen molar-refractivity contribution in [2.24, 2.45) is 16.9 Å². The van der Waals surface area contributed by atoms with E-state index < -0.39 is 0 Å². The molecule has 2 unspecified atom stereocenters. The monoisotopic (exact) mass is 1680 g/mol. The molecule has 0 aliphatic heterocycles. The van der Waals surface area contributed by atoms with Gasteiger partial charge in [-0.3, -0.25) is 38.4 Å². The molecule has 688 valence electrons. The standard InChI is InChI=1S/C11H22N2O.2C10H20N2O.2C9H18N2O.2C8H16N2O.C8H15NO2.C6H6N2.C5H9NO.C3H7N.C2H5N/c1-7-10(14)12-11(3,4)8-9(2)13(5)6;1-6-9(13)11-7-10(2,3)8-12(4)5;1-6-9(13)11-10(2,3)7-8-12(4)5;1-8(2)9(12)10-6-5-7-11(3)4;1-5-9(12)10-8(2)6-7-11(3)4;1-7(2)8(11)9-5-6-10(3)4;1-4-8(11)9-6-5-7-10(2)3;1-7(2)8(10)11-6-5-9(3)4;1-2-6-3-4-7-5-8-6;1-4-5(7)6(2)3;1-2-3-4;1-2-3/h7,9H,1,8H2,2-6H3,(H,12,14);2*6H,1,7-8H2,2-5H3,(H,11,13);1,5-7H2,2-4H3,(H,10,12);5,8H,1,6-7H2,2-4H3,(H,10,12);1,5-6H2,2-4H3,(H,9,11);4H,1,5-7H2,2-3H3,(H,9,11);1,5-6H2,2-4H3;2-5H,1H2;4H,1H2,2-3H3;2H,1,3-4H2;2H,1,3H2. The van der Waals surface area contributed by atoms with Crippen molar-refractivity contribution in [1.29, 1.82) is 0 Å². The minimum atomic E-state index is -0.313. The summed E-state index contributed by atoms with van der Waals surface area (Å²) in [5.74, 6) is -0.992. The summed E-state index contributed by atoms with van der Waals surface area (Å²) in [6, 6.07) is 2.46. The van der Waals surface area contributed by atoms with Crippen LogP contribution in [-0.4, -0.2) is 342 Å². The van der Waals surface area contributed by atoms with E-state index in [4.69, 9.17) is 10.5 Å². The molecular formula is C89H172N20O10. The first kappa shape index (κ1) is 133. The lowest BCUT2D eigenvalue weighted by Gasteiger charge is -2.31. The van der Waals surface area contributed by atoms with Gasteiger partial charge in [-0.05, 0) is 294 Å². The molecule has 0 saturated heterocycles. The number of esters is 1. The van der Waals surface area contributed by atoms with Crippen LogP contribution in [0.3, 0.4) is 0 Å². The average Bonchev–Trinajstić information content (AvgIpc) is 0.950. The van der Waals surface area contributed by atoms with Crippen molar-refractivity contribution in [3.8, 4) is 0 Å². The zero-order chi connectivity index (χ0) is 95.6. The van der Waals surface area contributed by atoms with Gasteiger partial charge in [-0.1, -0.05) is 92.3 Å². The molecule has 1 rings (SSSR count). The van der Waals surface area contributed by atoms with Gasteiger partial charge in [0.1, 0.15) is 12.9 Å². The van der Waals surface area contributed by atoms with Crippen LogP contribution in [0.2, 0.25) is 0 Å². The maximum atomic E-state index is 11.1. The number of nitrogens with two attached hydrogens (primary N) is 2. The maximum Gasteiger partial charge on any atom is 0.333 e. The molecule has 1 heterocycles. The molecule has 0 aliphatic rings. The highest BCUT2D eigenvalue weighted by molar-refractivity contribution is 5.93. The van der Waals surface area contributed by atoms with Crippen molar-refractivity contribution in [3.63, 3.8) is 0 Å². The number of aromatic nitrogens is 2. The molecule has 119 heavy (non-hydrogen) atoms. The normalized spacial score (nSPS) is 10.5. The average molecular weight is 1680 g/mol. The Morgan fingerprint density at radius 2 is 0.899 bits per heavy atom. The molecule has 0 spiro atoms. The molecule has 2 atom stereocenters. The van der Waals surface area contributed by atoms with E-state index in [1.54, 1.807) is 59.3 Å². The van der Waals surface area contributed by atoms with Crippen LogP contribution in [0.15, 0.2) is 163 Å². The number of rotatable bonds is 41. The predicted octanol–water partition coefficient (Wildman–Crippen LogP) is 7.31. The number of likely N-dealkylation sites (N-methyl/N-ethyl adjacent to an activating group) is 3. The van der Waals surface area contributed by atoms with Gasteiger partial charge in [-0.2, -0.15) is 0 Å². The molecule has 1 aromatic heterocycles. The summed E-state index contributed by atoms with van der Waals surface area (Å²) in [4.78, 5) is 123. The quantitative estimate of drug-likeness (QED) is 0.0134. The Hall–Kier alpha value is -9.37. The fraction of sp³-hybridized carbons (Fsp3) is 0.584. The molecule has 30 nitrogen and oxygen atoms in total. The molecule has 8 amide bonds. The molecule has 0 aliphatic carbocycles. The van der Waals surface area contributed by atoms with E-state index in [0.717, 1.165) is 96.7 Å². The Balaban J connectivity index is -0.000000120. The van der Waals surface area contributed by atoms with Gasteiger partial charge in [0, 0.05) is 113 Å². The maximum absolute atomic E-state index is 11.1. The van der Waals surface area contributed by atoms with Gasteiger partial charge < -0.3 is 97.5 Å². The first-order valence-electron chi connectivity index (χ1n) is 39.2. The zero-order valence-corrected chi connectivity index (χ0v) is 80.0. The number of hydrogen-bond donors (Lipinski definition) is 9. The third kappa shape index (κ3) is 122. The Morgan fingerprint density at radius 3 is 1.21 bits per heavy atom. The molecule has 0 aromatic carbocycles. The summed E-state index contributed by atoms with van der Waals surface area (Å²) in [6.07, 6.45) is 20.3. The molecule has 0 saturated carbocycles. The second kappa shape index (κ2) is 86.5. The Labute approximate surface area is 724 Å². The van der Waals surface area contributed by atoms with Crippen molar-refractivity contribution in [2.45, 2.75) is 131 Å². The third-order valence-corrected chi connectivity index (χ3v) is 14.1. The topological polar surface area (TPSA) is 354 Å². The fourth-order valence-electron chi connectivity index (χ4n) is 7.46. The van der Waals surface area contributed by atoms with Crippen LogP contribution in [-0.2, 0) is 47.9 Å². The number of ether oxygens (including phenoxy) is 1. The van der Waals surface area contributed by atoms with Gasteiger partial charge >= 0.3 is 5.97 Å². The number of carbonyl (C=O) groups is 9. The smallest absolute Gasteiger partial charge is 0.333 e. The van der Waals surface area contributed by atoms with Gasteiger partial charge in [0.15, 0.2) is 0 Å². The van der Waals surface area contributed by atoms with E-state index in [0.29, 0.717) is 49.0 Å². The summed E-state index contributed by atoms with van der Waals surface area (Å²) >= 11 is 0. The lowest BCUT2D eigenvalue weighted by molar-refractivity contribution is -0.139. The van der Waals surface area contributed by atoms with Gasteiger partial charge in [0.2, 0.25) is 47.3 Å². The molecule has 1 aromatic rings. The van der Waals surface area contributed by atoms with Gasteiger partial charge in [0.05, 0.1) is 5.69 Å². The number of nitrogens with one attached hydrogen (secondary N) is 7. The molecule has 11 N–H and O–H groups in total. The van der Waals surface area contributed by atoms with Crippen molar-refractivity contribution in [1.82, 2.24) is 91.3 Å². The Morgan fingerprint density at radius 1 is 0.504 bits per heavy atom. The van der Waals surface area contributed by atoms with E-state index >= 15 is 0 Å². The summed E-state index contributed by atoms with van der Waals surface area (Å²) in [6.45, 7) is 72.7. The van der Waals surface area contributed by atoms with Crippen molar-refractivity contribution >= 4 is 59.3 Å². The molecule has 0 radical (unpaired) electrons. The second-order valence-electron chi connectivity index (χ2n) is 31.2. The minimum Gasteiger partial charge on any atom is -0.461 e. The predicted molar refractivity (Wildman–Crippen MR) is 505 cm³/mol. The third-order valence-electron chi connectivity index (χ3n) is 14.1. The van der Waals surface area contributed by atoms with Gasteiger partial charge in [-0.15, -0.1) is 6.58 Å². The van der Waals surface area contributed by atoms with E-state index in [9.17, 15) is 43.2 Å². The van der Waals surface area contributed by atoms with Crippen molar-refractivity contribution < 1.29 is 47.9 Å². The SMILES string of the molecule is C=C(C)C(=O)NCCCN(C)C.C=C(C)C(=O)NCCN(C)C.C=C(C)C(=O)OCCN(C)C.C=CC(=O)N(C)C.C=CC(=O)NC(C)(C)CC(C)N(C)C.C=CC(=O)NC(C)(C)CCN(C)C.C=CC(=O)NC(C)CCN(C)C.C=CC(=O)NCC(C)(C)CN(C)C.C=CC(=O)NCCCN(C)C.C=CCN.C=CN.C=Cc1ccncn1. The van der Waals surface area contributed by atoms with Crippen LogP contribution in [0, 0.1) is 5.41 Å². The van der Waals surface area contributed by atoms with Crippen LogP contribution >= 0.6 is 0 Å². The van der Waals surface area contributed by atoms with Crippen LogP contribution in [0.1, 0.15) is 114 Å². The van der Waals surface area contributed by atoms with E-state index in [-0.39, 0.29) is 75.8 Å². The molecule has 0 fully saturated rings. The fourth-order valence-corrected chi connectivity index (χ4v) is 7.46. The molecular weight excluding hydrogens is 1510 g/mol. The zero-order valence-electron chi connectivity index (χ0n) is 80.0. The molecule has 30 heteroatoms. The molecule has 0 bridgehead atoms. The van der Waals surface area contributed by atoms with E-state index in [2.05, 4.69) is 182 Å². The lowest BCUT2D eigenvalue weighted by Crippen LogP contribution is -2.46. The van der Waals surface area contributed by atoms with Crippen LogP contribution in [0.5, 0.6) is 0 Å². The highest BCUT2D eigenvalue weighted by atomic mass is 16.5. The number of nitrogens with zero attached hydrogens (tertiary/aromatic N) is 11. The summed E-state index contributed by atoms with van der Waals surface area (Å²) in [7, 11) is 35.4. The van der Waals surface area contributed by atoms with Crippen LogP contribution in [0.4, 0.5) is 0 Å². The number of amides is 8. The minimum absolute atomic E-state index is 0.0474. The van der Waals surface area contributed by atoms with Gasteiger partial charge in [0.25, 0.3) is 0 Å². The second-order valence-corrected chi connectivity index (χ2v) is 31.2. The Kier molecular flexibility index (Phi) is 96.6. The largest absolute Gasteiger partial charge is 0.461 e. The van der Waals surface area contributed by atoms with Gasteiger partial charge in [-0.25, -0.2) is 14.8 Å². The highest BCUT2D eigenvalue weighted by Crippen LogP contribution is 2.15. The summed E-state index contributed by atoms with van der Waals surface area (Å²) < 4.78 is 4.83. The summed E-state index contributed by atoms with van der Waals surface area (Å²) in [5.41, 5.74) is 11.7. The first-order valence-corrected chi connectivity index (χ1v) is 39.2. The lowest BCUT2D eigenvalue weighted by atomic mass is 9.93. The van der Waals surface area contributed by atoms with E-state index in [1.165, 1.54) is 53.9 Å². The van der Waals surface area contributed by atoms with Crippen LogP contribution < -0.4 is 48.7 Å². The highest BCUT2D eigenvalue weighted by Gasteiger charge is 2.24. The number of carbonyl (C=O) groups excluding carboxylic acids is 9. The first-order chi connectivity index (χ1) is 54.8. The van der Waals surface area contributed by atoms with Crippen molar-refractivity contribution in [2.75, 3.05) is 212 Å². The number of hydrogen-bond acceptors (Lipinski definition) is 22. The van der Waals surface area contributed by atoms with Crippen molar-refractivity contribution in [3.05, 3.63) is 169 Å². The van der Waals surface area contributed by atoms with Crippen LogP contribution in [0.25, 0.3) is 6.08 Å². The van der Waals surface area contributed by atoms with E-state index in [1.807, 2.05) is 157 Å².